The Kier molecular flexibility index (Phi) is 39.4. The molecule has 1 unspecified atom stereocenters. The summed E-state index contributed by atoms with van der Waals surface area (Å²) in [6, 6.07) is 0. The van der Waals surface area contributed by atoms with Crippen LogP contribution in [0.25, 0.3) is 0 Å². The Morgan fingerprint density at radius 1 is 0.534 bits per heavy atom. The van der Waals surface area contributed by atoms with Crippen molar-refractivity contribution in [1.29, 1.82) is 0 Å². The van der Waals surface area contributed by atoms with Gasteiger partial charge in [-0.1, -0.05) is 159 Å². The first-order valence-electron chi connectivity index (χ1n) is 23.7. The van der Waals surface area contributed by atoms with Crippen molar-refractivity contribution in [2.45, 2.75) is 213 Å². The van der Waals surface area contributed by atoms with Crippen LogP contribution in [0.5, 0.6) is 0 Å². The molecule has 0 aromatic heterocycles. The largest absolute Gasteiger partial charge is 0.472 e. The third-order valence-electron chi connectivity index (χ3n) is 10.1. The van der Waals surface area contributed by atoms with Crippen LogP contribution >= 0.6 is 7.82 Å². The fourth-order valence-electron chi connectivity index (χ4n) is 6.39. The molecule has 0 saturated heterocycles. The number of hydrogen-bond acceptors (Lipinski definition) is 7. The van der Waals surface area contributed by atoms with E-state index in [1.54, 1.807) is 0 Å². The molecule has 0 spiro atoms. The lowest BCUT2D eigenvalue weighted by molar-refractivity contribution is -0.870. The molecule has 0 bridgehead atoms. The summed E-state index contributed by atoms with van der Waals surface area (Å²) in [4.78, 5) is 35.4. The maximum Gasteiger partial charge on any atom is 0.472 e. The molecule has 0 aliphatic carbocycles. The zero-order chi connectivity index (χ0) is 42.8. The molecule has 0 radical (unpaired) electrons. The second kappa shape index (κ2) is 40.6. The lowest BCUT2D eigenvalue weighted by Crippen LogP contribution is -2.37. The summed E-state index contributed by atoms with van der Waals surface area (Å²) in [6.45, 7) is 4.39. The van der Waals surface area contributed by atoms with Gasteiger partial charge in [-0.15, -0.1) is 0 Å². The number of allylic oxidation sites excluding steroid dienone is 6. The van der Waals surface area contributed by atoms with E-state index in [-0.39, 0.29) is 32.0 Å². The van der Waals surface area contributed by atoms with Crippen LogP contribution in [-0.4, -0.2) is 74.9 Å². The standard InChI is InChI=1S/C48H90NO8P/c1-6-8-10-12-14-16-18-20-22-24-26-28-30-32-34-36-38-40-47(50)54-44-46(45-56-58(52,53)55-43-42-49(3,4)5)57-48(51)41-39-37-35-33-31-29-27-25-23-21-19-17-15-13-11-9-7-2/h14,16,20-23,46H,6-13,15,17-19,24-45H2,1-5H3/p+1/b16-14+,22-20+,23-21+/t46-/m1/s1. The summed E-state index contributed by atoms with van der Waals surface area (Å²) in [6.07, 6.45) is 46.1. The summed E-state index contributed by atoms with van der Waals surface area (Å²) in [5.41, 5.74) is 0. The highest BCUT2D eigenvalue weighted by Gasteiger charge is 2.27. The van der Waals surface area contributed by atoms with Gasteiger partial charge in [0.25, 0.3) is 0 Å². The molecular formula is C48H91NO8P+. The maximum atomic E-state index is 12.7. The van der Waals surface area contributed by atoms with E-state index in [1.807, 2.05) is 21.1 Å². The number of hydrogen-bond donors (Lipinski definition) is 1. The molecule has 10 heteroatoms. The van der Waals surface area contributed by atoms with Gasteiger partial charge in [-0.2, -0.15) is 0 Å². The smallest absolute Gasteiger partial charge is 0.462 e. The predicted molar refractivity (Wildman–Crippen MR) is 243 cm³/mol. The zero-order valence-corrected chi connectivity index (χ0v) is 39.2. The van der Waals surface area contributed by atoms with Gasteiger partial charge >= 0.3 is 19.8 Å². The van der Waals surface area contributed by atoms with Gasteiger partial charge in [0.05, 0.1) is 27.7 Å². The Labute approximate surface area is 357 Å². The van der Waals surface area contributed by atoms with E-state index in [9.17, 15) is 19.0 Å². The van der Waals surface area contributed by atoms with Crippen molar-refractivity contribution < 1.29 is 42.1 Å². The van der Waals surface area contributed by atoms with Crippen LogP contribution in [0.3, 0.4) is 0 Å². The molecule has 0 fully saturated rings. The van der Waals surface area contributed by atoms with Gasteiger partial charge in [0.1, 0.15) is 19.8 Å². The molecule has 0 heterocycles. The van der Waals surface area contributed by atoms with Crippen molar-refractivity contribution in [1.82, 2.24) is 0 Å². The molecule has 0 aliphatic rings. The number of likely N-dealkylation sites (N-methyl/N-ethyl adjacent to an activating group) is 1. The number of esters is 2. The fourth-order valence-corrected chi connectivity index (χ4v) is 7.13. The Morgan fingerprint density at radius 2 is 0.931 bits per heavy atom. The first-order chi connectivity index (χ1) is 28.0. The van der Waals surface area contributed by atoms with E-state index in [0.29, 0.717) is 17.4 Å². The van der Waals surface area contributed by atoms with Crippen molar-refractivity contribution in [3.63, 3.8) is 0 Å². The molecule has 0 rings (SSSR count). The number of ether oxygens (including phenoxy) is 2. The third kappa shape index (κ3) is 43.8. The van der Waals surface area contributed by atoms with Gasteiger partial charge < -0.3 is 18.9 Å². The predicted octanol–water partition coefficient (Wildman–Crippen LogP) is 13.7. The summed E-state index contributed by atoms with van der Waals surface area (Å²) < 4.78 is 34.4. The van der Waals surface area contributed by atoms with E-state index in [2.05, 4.69) is 50.3 Å². The van der Waals surface area contributed by atoms with Gasteiger partial charge in [-0.3, -0.25) is 18.6 Å². The highest BCUT2D eigenvalue weighted by molar-refractivity contribution is 7.47. The van der Waals surface area contributed by atoms with Crippen molar-refractivity contribution >= 4 is 19.8 Å². The lowest BCUT2D eigenvalue weighted by atomic mass is 10.1. The minimum atomic E-state index is -4.38. The first-order valence-corrected chi connectivity index (χ1v) is 25.2. The summed E-state index contributed by atoms with van der Waals surface area (Å²) in [7, 11) is 1.47. The average molecular weight is 841 g/mol. The van der Waals surface area contributed by atoms with Crippen LogP contribution < -0.4 is 0 Å². The summed E-state index contributed by atoms with van der Waals surface area (Å²) in [5, 5.41) is 0. The van der Waals surface area contributed by atoms with Gasteiger partial charge in [-0.25, -0.2) is 4.57 Å². The lowest BCUT2D eigenvalue weighted by Gasteiger charge is -2.24. The van der Waals surface area contributed by atoms with Crippen molar-refractivity contribution in [2.75, 3.05) is 47.5 Å². The molecule has 0 aromatic rings. The SMILES string of the molecule is CCCCC/C=C/C/C=C/CCCCCCCCCC(=O)OC[C@H](COP(=O)(O)OCC[N+](C)(C)C)OC(=O)CCCCCCCCC/C=C/CCCCCCCC. The van der Waals surface area contributed by atoms with E-state index >= 15 is 0 Å². The molecular weight excluding hydrogens is 750 g/mol. The summed E-state index contributed by atoms with van der Waals surface area (Å²) >= 11 is 0. The Hall–Kier alpha value is -1.77. The van der Waals surface area contributed by atoms with Crippen LogP contribution in [0.2, 0.25) is 0 Å². The van der Waals surface area contributed by atoms with Crippen LogP contribution in [0.4, 0.5) is 0 Å². The Morgan fingerprint density at radius 3 is 1.41 bits per heavy atom. The average Bonchev–Trinajstić information content (AvgIpc) is 3.17. The van der Waals surface area contributed by atoms with E-state index in [4.69, 9.17) is 18.5 Å². The van der Waals surface area contributed by atoms with E-state index in [1.165, 1.54) is 109 Å². The molecule has 0 amide bonds. The quantitative estimate of drug-likeness (QED) is 0.0213. The number of rotatable bonds is 43. The van der Waals surface area contributed by atoms with Crippen LogP contribution in [0.1, 0.15) is 206 Å². The fraction of sp³-hybridized carbons (Fsp3) is 0.833. The number of phosphoric ester groups is 1. The minimum absolute atomic E-state index is 0.0295. The van der Waals surface area contributed by atoms with Crippen LogP contribution in [-0.2, 0) is 32.7 Å². The minimum Gasteiger partial charge on any atom is -0.462 e. The second-order valence-corrected chi connectivity index (χ2v) is 18.6. The van der Waals surface area contributed by atoms with Crippen LogP contribution in [0.15, 0.2) is 36.5 Å². The Balaban J connectivity index is 4.33. The van der Waals surface area contributed by atoms with Crippen molar-refractivity contribution in [2.24, 2.45) is 0 Å². The second-order valence-electron chi connectivity index (χ2n) is 17.1. The molecule has 0 saturated carbocycles. The molecule has 1 N–H and O–H groups in total. The molecule has 58 heavy (non-hydrogen) atoms. The van der Waals surface area contributed by atoms with Gasteiger partial charge in [0, 0.05) is 12.8 Å². The normalized spacial score (nSPS) is 13.8. The topological polar surface area (TPSA) is 108 Å². The number of phosphoric acid groups is 1. The zero-order valence-electron chi connectivity index (χ0n) is 38.3. The van der Waals surface area contributed by atoms with E-state index in [0.717, 1.165) is 64.2 Å². The van der Waals surface area contributed by atoms with Crippen molar-refractivity contribution in [3.8, 4) is 0 Å². The van der Waals surface area contributed by atoms with Crippen molar-refractivity contribution in [3.05, 3.63) is 36.5 Å². The third-order valence-corrected chi connectivity index (χ3v) is 11.1. The molecule has 9 nitrogen and oxygen atoms in total. The van der Waals surface area contributed by atoms with Crippen LogP contribution in [0, 0.1) is 0 Å². The summed E-state index contributed by atoms with van der Waals surface area (Å²) in [5.74, 6) is -0.809. The monoisotopic (exact) mass is 841 g/mol. The number of unbranched alkanes of at least 4 members (excludes halogenated alkanes) is 23. The number of carbonyl (C=O) groups is 2. The number of carbonyl (C=O) groups excluding carboxylic acids is 2. The molecule has 0 aliphatic heterocycles. The Bertz CT molecular complexity index is 1090. The first kappa shape index (κ1) is 56.2. The van der Waals surface area contributed by atoms with E-state index < -0.39 is 26.5 Å². The number of quaternary nitrogens is 1. The molecule has 2 atom stereocenters. The van der Waals surface area contributed by atoms with Gasteiger partial charge in [0.2, 0.25) is 0 Å². The highest BCUT2D eigenvalue weighted by atomic mass is 31.2. The maximum absolute atomic E-state index is 12.7. The highest BCUT2D eigenvalue weighted by Crippen LogP contribution is 2.43. The molecule has 0 aromatic carbocycles. The number of nitrogens with zero attached hydrogens (tertiary/aromatic N) is 1. The molecule has 340 valence electrons. The van der Waals surface area contributed by atoms with Gasteiger partial charge in [-0.05, 0) is 70.6 Å². The van der Waals surface area contributed by atoms with Gasteiger partial charge in [0.15, 0.2) is 6.10 Å².